The fourth-order valence-corrected chi connectivity index (χ4v) is 1.94. The second kappa shape index (κ2) is 9.43. The van der Waals surface area contributed by atoms with Crippen molar-refractivity contribution in [3.05, 3.63) is 34.9 Å². The number of aliphatic hydroxyl groups is 1. The molecular formula is C16H23ClN2O3. The number of benzene rings is 1. The van der Waals surface area contributed by atoms with E-state index in [0.29, 0.717) is 10.6 Å². The Morgan fingerprint density at radius 2 is 1.86 bits per heavy atom. The van der Waals surface area contributed by atoms with Crippen LogP contribution in [0.1, 0.15) is 44.8 Å². The fourth-order valence-electron chi connectivity index (χ4n) is 1.82. The van der Waals surface area contributed by atoms with Crippen molar-refractivity contribution in [2.24, 2.45) is 0 Å². The highest BCUT2D eigenvalue weighted by Crippen LogP contribution is 2.18. The van der Waals surface area contributed by atoms with Crippen molar-refractivity contribution < 1.29 is 14.7 Å². The molecule has 0 aromatic heterocycles. The topological polar surface area (TPSA) is 78.4 Å². The minimum Gasteiger partial charge on any atom is -0.388 e. The van der Waals surface area contributed by atoms with Crippen LogP contribution in [-0.2, 0) is 9.59 Å². The molecule has 1 aromatic carbocycles. The molecule has 0 bridgehead atoms. The Bertz CT molecular complexity index is 491. The fraction of sp³-hybridized carbons (Fsp3) is 0.500. The molecule has 3 N–H and O–H groups in total. The molecule has 0 saturated heterocycles. The molecule has 5 nitrogen and oxygen atoms in total. The SMILES string of the molecule is CCC(C)NC(=O)CCNC(=O)CC(O)c1ccc(Cl)cc1. The summed E-state index contributed by atoms with van der Waals surface area (Å²) in [6, 6.07) is 6.82. The largest absolute Gasteiger partial charge is 0.388 e. The maximum absolute atomic E-state index is 11.7. The summed E-state index contributed by atoms with van der Waals surface area (Å²) in [5.41, 5.74) is 0.633. The molecule has 1 rings (SSSR count). The van der Waals surface area contributed by atoms with Gasteiger partial charge < -0.3 is 15.7 Å². The molecule has 0 radical (unpaired) electrons. The lowest BCUT2D eigenvalue weighted by atomic mass is 10.1. The third-order valence-electron chi connectivity index (χ3n) is 3.33. The number of amides is 2. The van der Waals surface area contributed by atoms with Crippen LogP contribution in [0.15, 0.2) is 24.3 Å². The second-order valence-corrected chi connectivity index (χ2v) is 5.68. The van der Waals surface area contributed by atoms with Crippen LogP contribution >= 0.6 is 11.6 Å². The Morgan fingerprint density at radius 3 is 2.45 bits per heavy atom. The number of carbonyl (C=O) groups excluding carboxylic acids is 2. The average Bonchev–Trinajstić information content (AvgIpc) is 2.47. The van der Waals surface area contributed by atoms with Gasteiger partial charge in [-0.2, -0.15) is 0 Å². The number of rotatable bonds is 8. The summed E-state index contributed by atoms with van der Waals surface area (Å²) in [4.78, 5) is 23.3. The van der Waals surface area contributed by atoms with Gasteiger partial charge in [0.05, 0.1) is 12.5 Å². The second-order valence-electron chi connectivity index (χ2n) is 5.25. The number of hydrogen-bond donors (Lipinski definition) is 3. The van der Waals surface area contributed by atoms with Crippen molar-refractivity contribution in [2.75, 3.05) is 6.54 Å². The van der Waals surface area contributed by atoms with E-state index >= 15 is 0 Å². The summed E-state index contributed by atoms with van der Waals surface area (Å²) < 4.78 is 0. The Hall–Kier alpha value is -1.59. The predicted molar refractivity (Wildman–Crippen MR) is 86.6 cm³/mol. The highest BCUT2D eigenvalue weighted by atomic mass is 35.5. The molecule has 0 aliphatic carbocycles. The smallest absolute Gasteiger partial charge is 0.222 e. The minimum absolute atomic E-state index is 0.0470. The van der Waals surface area contributed by atoms with Crippen molar-refractivity contribution in [1.82, 2.24) is 10.6 Å². The monoisotopic (exact) mass is 326 g/mol. The van der Waals surface area contributed by atoms with Gasteiger partial charge in [0.25, 0.3) is 0 Å². The van der Waals surface area contributed by atoms with E-state index in [4.69, 9.17) is 11.6 Å². The quantitative estimate of drug-likeness (QED) is 0.685. The highest BCUT2D eigenvalue weighted by molar-refractivity contribution is 6.30. The first kappa shape index (κ1) is 18.5. The van der Waals surface area contributed by atoms with Crippen LogP contribution in [0.2, 0.25) is 5.02 Å². The van der Waals surface area contributed by atoms with E-state index in [1.165, 1.54) is 0 Å². The van der Waals surface area contributed by atoms with Gasteiger partial charge in [-0.3, -0.25) is 9.59 Å². The van der Waals surface area contributed by atoms with Crippen LogP contribution in [0.4, 0.5) is 0 Å². The lowest BCUT2D eigenvalue weighted by Crippen LogP contribution is -2.35. The van der Waals surface area contributed by atoms with Crippen LogP contribution in [0.25, 0.3) is 0 Å². The Labute approximate surface area is 136 Å². The number of nitrogens with one attached hydrogen (secondary N) is 2. The Balaban J connectivity index is 2.28. The van der Waals surface area contributed by atoms with Crippen molar-refractivity contribution in [1.29, 1.82) is 0 Å². The Morgan fingerprint density at radius 1 is 1.23 bits per heavy atom. The van der Waals surface area contributed by atoms with E-state index in [2.05, 4.69) is 10.6 Å². The maximum Gasteiger partial charge on any atom is 0.222 e. The van der Waals surface area contributed by atoms with Gasteiger partial charge in [0, 0.05) is 24.0 Å². The molecule has 6 heteroatoms. The zero-order valence-corrected chi connectivity index (χ0v) is 13.7. The molecule has 0 heterocycles. The standard InChI is InChI=1S/C16H23ClN2O3/c1-3-11(2)19-15(21)8-9-18-16(22)10-14(20)12-4-6-13(17)7-5-12/h4-7,11,14,20H,3,8-10H2,1-2H3,(H,18,22)(H,19,21). The zero-order chi connectivity index (χ0) is 16.5. The predicted octanol–water partition coefficient (Wildman–Crippen LogP) is 2.18. The molecule has 2 amide bonds. The van der Waals surface area contributed by atoms with E-state index in [-0.39, 0.29) is 37.2 Å². The lowest BCUT2D eigenvalue weighted by Gasteiger charge is -2.13. The number of carbonyl (C=O) groups is 2. The normalized spacial score (nSPS) is 13.3. The molecule has 0 spiro atoms. The van der Waals surface area contributed by atoms with E-state index in [1.807, 2.05) is 13.8 Å². The van der Waals surface area contributed by atoms with Gasteiger partial charge in [0.1, 0.15) is 0 Å². The summed E-state index contributed by atoms with van der Waals surface area (Å²) in [6.45, 7) is 4.18. The van der Waals surface area contributed by atoms with Gasteiger partial charge in [-0.25, -0.2) is 0 Å². The van der Waals surface area contributed by atoms with Crippen LogP contribution < -0.4 is 10.6 Å². The number of hydrogen-bond acceptors (Lipinski definition) is 3. The molecule has 0 aliphatic heterocycles. The lowest BCUT2D eigenvalue weighted by molar-refractivity contribution is -0.123. The first-order valence-corrected chi connectivity index (χ1v) is 7.79. The third kappa shape index (κ3) is 6.91. The van der Waals surface area contributed by atoms with Gasteiger partial charge in [0.2, 0.25) is 11.8 Å². The van der Waals surface area contributed by atoms with Gasteiger partial charge in [0.15, 0.2) is 0 Å². The number of aliphatic hydroxyl groups excluding tert-OH is 1. The van der Waals surface area contributed by atoms with Crippen LogP contribution in [0, 0.1) is 0 Å². The van der Waals surface area contributed by atoms with Crippen LogP contribution in [0.5, 0.6) is 0 Å². The molecular weight excluding hydrogens is 304 g/mol. The summed E-state index contributed by atoms with van der Waals surface area (Å²) >= 11 is 5.77. The zero-order valence-electron chi connectivity index (χ0n) is 12.9. The summed E-state index contributed by atoms with van der Waals surface area (Å²) in [7, 11) is 0. The molecule has 22 heavy (non-hydrogen) atoms. The third-order valence-corrected chi connectivity index (χ3v) is 3.58. The van der Waals surface area contributed by atoms with E-state index < -0.39 is 6.10 Å². The molecule has 2 atom stereocenters. The number of halogens is 1. The van der Waals surface area contributed by atoms with Gasteiger partial charge in [-0.15, -0.1) is 0 Å². The molecule has 122 valence electrons. The van der Waals surface area contributed by atoms with Crippen molar-refractivity contribution in [3.8, 4) is 0 Å². The minimum atomic E-state index is -0.883. The van der Waals surface area contributed by atoms with Gasteiger partial charge in [-0.05, 0) is 31.0 Å². The molecule has 0 fully saturated rings. The summed E-state index contributed by atoms with van der Waals surface area (Å²) in [5.74, 6) is -0.383. The van der Waals surface area contributed by atoms with E-state index in [0.717, 1.165) is 6.42 Å². The molecule has 0 saturated carbocycles. The van der Waals surface area contributed by atoms with Gasteiger partial charge >= 0.3 is 0 Å². The Kier molecular flexibility index (Phi) is 7.91. The van der Waals surface area contributed by atoms with Crippen LogP contribution in [0.3, 0.4) is 0 Å². The molecule has 2 unspecified atom stereocenters. The molecule has 1 aromatic rings. The summed E-state index contributed by atoms with van der Waals surface area (Å²) in [6.07, 6.45) is 0.166. The highest BCUT2D eigenvalue weighted by Gasteiger charge is 2.13. The van der Waals surface area contributed by atoms with Crippen molar-refractivity contribution in [3.63, 3.8) is 0 Å². The van der Waals surface area contributed by atoms with Crippen LogP contribution in [-0.4, -0.2) is 29.5 Å². The van der Waals surface area contributed by atoms with Crippen molar-refractivity contribution in [2.45, 2.75) is 45.3 Å². The molecule has 0 aliphatic rings. The average molecular weight is 327 g/mol. The first-order chi connectivity index (χ1) is 10.4. The first-order valence-electron chi connectivity index (χ1n) is 7.42. The van der Waals surface area contributed by atoms with Crippen molar-refractivity contribution >= 4 is 23.4 Å². The van der Waals surface area contributed by atoms with E-state index in [9.17, 15) is 14.7 Å². The maximum atomic E-state index is 11.7. The van der Waals surface area contributed by atoms with Gasteiger partial charge in [-0.1, -0.05) is 30.7 Å². The summed E-state index contributed by atoms with van der Waals surface area (Å²) in [5, 5.41) is 16.0. The van der Waals surface area contributed by atoms with E-state index in [1.54, 1.807) is 24.3 Å².